The van der Waals surface area contributed by atoms with E-state index in [1.807, 2.05) is 0 Å². The van der Waals surface area contributed by atoms with Crippen LogP contribution in [0.15, 0.2) is 0 Å². The van der Waals surface area contributed by atoms with Gasteiger partial charge in [0.15, 0.2) is 0 Å². The molecule has 1 saturated carbocycles. The molecule has 0 spiro atoms. The predicted molar refractivity (Wildman–Crippen MR) is 66.9 cm³/mol. The van der Waals surface area contributed by atoms with Crippen LogP contribution in [0, 0.1) is 11.8 Å². The van der Waals surface area contributed by atoms with Crippen molar-refractivity contribution in [3.8, 4) is 0 Å². The maximum atomic E-state index is 6.04. The summed E-state index contributed by atoms with van der Waals surface area (Å²) in [7, 11) is 2.25. The van der Waals surface area contributed by atoms with Gasteiger partial charge in [0.2, 0.25) is 0 Å². The van der Waals surface area contributed by atoms with Crippen molar-refractivity contribution in [1.82, 2.24) is 4.90 Å². The first-order valence-electron chi connectivity index (χ1n) is 6.41. The van der Waals surface area contributed by atoms with E-state index < -0.39 is 0 Å². The molecule has 2 atom stereocenters. The van der Waals surface area contributed by atoms with Crippen molar-refractivity contribution in [3.63, 3.8) is 0 Å². The standard InChI is InChI=1S/C13H28N2/c1-11(2)9-15(4)13(10-14)7-5-6-12(3)8-13/h11-12H,5-10,14H2,1-4H3. The Morgan fingerprint density at radius 3 is 2.60 bits per heavy atom. The molecular formula is C13H28N2. The van der Waals surface area contributed by atoms with E-state index in [0.29, 0.717) is 5.54 Å². The first-order valence-corrected chi connectivity index (χ1v) is 6.41. The Kier molecular flexibility index (Phi) is 4.60. The van der Waals surface area contributed by atoms with Crippen LogP contribution in [0.5, 0.6) is 0 Å². The van der Waals surface area contributed by atoms with Gasteiger partial charge in [-0.2, -0.15) is 0 Å². The van der Waals surface area contributed by atoms with E-state index in [0.717, 1.165) is 18.4 Å². The molecule has 0 radical (unpaired) electrons. The van der Waals surface area contributed by atoms with E-state index in [9.17, 15) is 0 Å². The lowest BCUT2D eigenvalue weighted by Crippen LogP contribution is -2.55. The fourth-order valence-electron chi connectivity index (χ4n) is 3.06. The molecule has 1 aliphatic rings. The second-order valence-corrected chi connectivity index (χ2v) is 5.90. The van der Waals surface area contributed by atoms with Crippen molar-refractivity contribution in [3.05, 3.63) is 0 Å². The summed E-state index contributed by atoms with van der Waals surface area (Å²) in [5, 5.41) is 0. The molecule has 90 valence electrons. The number of nitrogens with zero attached hydrogens (tertiary/aromatic N) is 1. The van der Waals surface area contributed by atoms with E-state index in [4.69, 9.17) is 5.73 Å². The highest BCUT2D eigenvalue weighted by Crippen LogP contribution is 2.35. The van der Waals surface area contributed by atoms with Crippen LogP contribution in [-0.2, 0) is 0 Å². The minimum atomic E-state index is 0.294. The molecule has 15 heavy (non-hydrogen) atoms. The third-order valence-corrected chi connectivity index (χ3v) is 3.90. The van der Waals surface area contributed by atoms with Crippen LogP contribution in [0.2, 0.25) is 0 Å². The molecule has 1 aliphatic carbocycles. The molecule has 2 heteroatoms. The lowest BCUT2D eigenvalue weighted by atomic mass is 9.75. The molecule has 0 aromatic carbocycles. The summed E-state index contributed by atoms with van der Waals surface area (Å²) < 4.78 is 0. The molecule has 0 saturated heterocycles. The summed E-state index contributed by atoms with van der Waals surface area (Å²) in [5.41, 5.74) is 6.33. The van der Waals surface area contributed by atoms with Gasteiger partial charge in [-0.15, -0.1) is 0 Å². The van der Waals surface area contributed by atoms with Crippen LogP contribution >= 0.6 is 0 Å². The number of likely N-dealkylation sites (N-methyl/N-ethyl adjacent to an activating group) is 1. The smallest absolute Gasteiger partial charge is 0.0331 e. The molecule has 2 nitrogen and oxygen atoms in total. The second-order valence-electron chi connectivity index (χ2n) is 5.90. The Hall–Kier alpha value is -0.0800. The number of nitrogens with two attached hydrogens (primary N) is 1. The average molecular weight is 212 g/mol. The second kappa shape index (κ2) is 5.31. The summed E-state index contributed by atoms with van der Waals surface area (Å²) in [4.78, 5) is 2.52. The summed E-state index contributed by atoms with van der Waals surface area (Å²) in [5.74, 6) is 1.58. The maximum absolute atomic E-state index is 6.04. The third kappa shape index (κ3) is 3.18. The third-order valence-electron chi connectivity index (χ3n) is 3.90. The molecule has 1 fully saturated rings. The molecule has 0 aromatic heterocycles. The highest BCUT2D eigenvalue weighted by atomic mass is 15.2. The van der Waals surface area contributed by atoms with Crippen LogP contribution in [0.1, 0.15) is 46.5 Å². The molecule has 2 unspecified atom stereocenters. The van der Waals surface area contributed by atoms with Gasteiger partial charge in [0.25, 0.3) is 0 Å². The average Bonchev–Trinajstić information content (AvgIpc) is 2.16. The molecule has 0 bridgehead atoms. The molecule has 0 heterocycles. The first kappa shape index (κ1) is 13.0. The van der Waals surface area contributed by atoms with Crippen molar-refractivity contribution in [1.29, 1.82) is 0 Å². The van der Waals surface area contributed by atoms with Crippen LogP contribution < -0.4 is 5.73 Å². The van der Waals surface area contributed by atoms with Crippen molar-refractivity contribution in [2.24, 2.45) is 17.6 Å². The van der Waals surface area contributed by atoms with E-state index in [-0.39, 0.29) is 0 Å². The zero-order valence-corrected chi connectivity index (χ0v) is 10.9. The van der Waals surface area contributed by atoms with Crippen molar-refractivity contribution < 1.29 is 0 Å². The van der Waals surface area contributed by atoms with Gasteiger partial charge in [0.05, 0.1) is 0 Å². The van der Waals surface area contributed by atoms with E-state index >= 15 is 0 Å². The Morgan fingerprint density at radius 1 is 1.47 bits per heavy atom. The molecule has 0 amide bonds. The van der Waals surface area contributed by atoms with Gasteiger partial charge in [-0.05, 0) is 31.7 Å². The van der Waals surface area contributed by atoms with Gasteiger partial charge in [-0.1, -0.05) is 33.6 Å². The first-order chi connectivity index (χ1) is 7.00. The fraction of sp³-hybridized carbons (Fsp3) is 1.00. The molecule has 0 aliphatic heterocycles. The zero-order valence-electron chi connectivity index (χ0n) is 10.9. The Morgan fingerprint density at radius 2 is 2.13 bits per heavy atom. The monoisotopic (exact) mass is 212 g/mol. The van der Waals surface area contributed by atoms with E-state index in [1.54, 1.807) is 0 Å². The van der Waals surface area contributed by atoms with E-state index in [2.05, 4.69) is 32.7 Å². The van der Waals surface area contributed by atoms with Gasteiger partial charge >= 0.3 is 0 Å². The predicted octanol–water partition coefficient (Wildman–Crippen LogP) is 2.48. The van der Waals surface area contributed by atoms with Crippen LogP contribution in [0.25, 0.3) is 0 Å². The normalized spacial score (nSPS) is 32.6. The SMILES string of the molecule is CC(C)CN(C)C1(CN)CCCC(C)C1. The lowest BCUT2D eigenvalue weighted by molar-refractivity contribution is 0.0526. The van der Waals surface area contributed by atoms with Gasteiger partial charge in [-0.3, -0.25) is 4.90 Å². The van der Waals surface area contributed by atoms with Crippen molar-refractivity contribution >= 4 is 0 Å². The van der Waals surface area contributed by atoms with Gasteiger partial charge < -0.3 is 5.73 Å². The number of rotatable bonds is 4. The highest BCUT2D eigenvalue weighted by molar-refractivity contribution is 4.94. The van der Waals surface area contributed by atoms with Gasteiger partial charge in [0, 0.05) is 18.6 Å². The largest absolute Gasteiger partial charge is 0.329 e. The van der Waals surface area contributed by atoms with Gasteiger partial charge in [-0.25, -0.2) is 0 Å². The molecule has 2 N–H and O–H groups in total. The Labute approximate surface area is 95.2 Å². The fourth-order valence-corrected chi connectivity index (χ4v) is 3.06. The maximum Gasteiger partial charge on any atom is 0.0331 e. The van der Waals surface area contributed by atoms with Crippen molar-refractivity contribution in [2.75, 3.05) is 20.1 Å². The molecule has 1 rings (SSSR count). The van der Waals surface area contributed by atoms with Gasteiger partial charge in [0.1, 0.15) is 0 Å². The summed E-state index contributed by atoms with van der Waals surface area (Å²) >= 11 is 0. The Bertz CT molecular complexity index is 191. The molecular weight excluding hydrogens is 184 g/mol. The number of hydrogen-bond donors (Lipinski definition) is 1. The number of hydrogen-bond acceptors (Lipinski definition) is 2. The summed E-state index contributed by atoms with van der Waals surface area (Å²) in [6.07, 6.45) is 5.31. The highest BCUT2D eigenvalue weighted by Gasteiger charge is 2.37. The minimum Gasteiger partial charge on any atom is -0.329 e. The zero-order chi connectivity index (χ0) is 11.5. The van der Waals surface area contributed by atoms with Crippen LogP contribution in [-0.4, -0.2) is 30.6 Å². The Balaban J connectivity index is 2.65. The topological polar surface area (TPSA) is 29.3 Å². The van der Waals surface area contributed by atoms with Crippen molar-refractivity contribution in [2.45, 2.75) is 52.0 Å². The van der Waals surface area contributed by atoms with Crippen LogP contribution in [0.4, 0.5) is 0 Å². The molecule has 0 aromatic rings. The quantitative estimate of drug-likeness (QED) is 0.776. The van der Waals surface area contributed by atoms with E-state index in [1.165, 1.54) is 32.2 Å². The van der Waals surface area contributed by atoms with Crippen LogP contribution in [0.3, 0.4) is 0 Å². The summed E-state index contributed by atoms with van der Waals surface area (Å²) in [6.45, 7) is 8.93. The minimum absolute atomic E-state index is 0.294. The summed E-state index contributed by atoms with van der Waals surface area (Å²) in [6, 6.07) is 0. The lowest BCUT2D eigenvalue weighted by Gasteiger charge is -2.46.